The number of sulfone groups is 1. The van der Waals surface area contributed by atoms with E-state index in [1.165, 1.54) is 10.9 Å². The normalized spacial score (nSPS) is 14.6. The van der Waals surface area contributed by atoms with Crippen molar-refractivity contribution in [3.8, 4) is 11.6 Å². The van der Waals surface area contributed by atoms with E-state index in [1.807, 2.05) is 0 Å². The maximum atomic E-state index is 13.1. The van der Waals surface area contributed by atoms with Crippen molar-refractivity contribution < 1.29 is 35.9 Å². The molecule has 1 atom stereocenters. The van der Waals surface area contributed by atoms with Gasteiger partial charge in [-0.05, 0) is 50.1 Å². The first-order valence-electron chi connectivity index (χ1n) is 12.4. The van der Waals surface area contributed by atoms with Crippen LogP contribution in [0.15, 0.2) is 41.4 Å². The number of carbonyl (C=O) groups is 2. The number of hydrogen-bond acceptors (Lipinski definition) is 9. The van der Waals surface area contributed by atoms with Crippen LogP contribution in [0.25, 0.3) is 5.82 Å². The number of alkyl halides is 3. The van der Waals surface area contributed by atoms with Gasteiger partial charge in [0, 0.05) is 45.2 Å². The van der Waals surface area contributed by atoms with Crippen molar-refractivity contribution in [2.75, 3.05) is 38.3 Å². The molecule has 41 heavy (non-hydrogen) atoms. The fraction of sp³-hybridized carbons (Fsp3) is 0.400. The molecule has 1 aliphatic heterocycles. The van der Waals surface area contributed by atoms with Crippen LogP contribution in [-0.4, -0.2) is 84.7 Å². The second-order valence-corrected chi connectivity index (χ2v) is 11.7. The lowest BCUT2D eigenvalue weighted by Gasteiger charge is -2.16. The van der Waals surface area contributed by atoms with E-state index < -0.39 is 38.8 Å². The molecule has 2 amide bonds. The molecule has 0 saturated carbocycles. The molecule has 1 saturated heterocycles. The Bertz CT molecular complexity index is 1550. The van der Waals surface area contributed by atoms with Gasteiger partial charge in [-0.1, -0.05) is 0 Å². The van der Waals surface area contributed by atoms with Crippen molar-refractivity contribution in [3.63, 3.8) is 0 Å². The van der Waals surface area contributed by atoms with Crippen molar-refractivity contribution in [2.45, 2.75) is 37.1 Å². The van der Waals surface area contributed by atoms with Crippen molar-refractivity contribution in [2.24, 2.45) is 0 Å². The van der Waals surface area contributed by atoms with E-state index in [2.05, 4.69) is 25.1 Å². The Kier molecular flexibility index (Phi) is 8.24. The zero-order valence-corrected chi connectivity index (χ0v) is 23.5. The van der Waals surface area contributed by atoms with Gasteiger partial charge in [0.25, 0.3) is 11.8 Å². The zero-order valence-electron chi connectivity index (χ0n) is 22.6. The molecule has 3 aromatic rings. The number of amides is 2. The number of rotatable bonds is 8. The van der Waals surface area contributed by atoms with Gasteiger partial charge in [-0.15, -0.1) is 18.3 Å². The molecule has 0 spiro atoms. The molecule has 16 heteroatoms. The van der Waals surface area contributed by atoms with Crippen molar-refractivity contribution in [3.05, 3.63) is 53.5 Å². The van der Waals surface area contributed by atoms with Gasteiger partial charge in [-0.3, -0.25) is 9.59 Å². The Morgan fingerprint density at radius 2 is 1.78 bits per heavy atom. The van der Waals surface area contributed by atoms with Crippen LogP contribution < -0.4 is 15.0 Å². The van der Waals surface area contributed by atoms with Gasteiger partial charge >= 0.3 is 6.36 Å². The number of nitrogens with zero attached hydrogens (tertiary/aromatic N) is 6. The summed E-state index contributed by atoms with van der Waals surface area (Å²) >= 11 is 0. The van der Waals surface area contributed by atoms with Crippen molar-refractivity contribution in [1.29, 1.82) is 0 Å². The number of halogens is 3. The predicted molar refractivity (Wildman–Crippen MR) is 141 cm³/mol. The van der Waals surface area contributed by atoms with Gasteiger partial charge in [0.1, 0.15) is 5.75 Å². The molecule has 4 rings (SSSR count). The Balaban J connectivity index is 1.63. The summed E-state index contributed by atoms with van der Waals surface area (Å²) in [4.78, 5) is 37.5. The van der Waals surface area contributed by atoms with Crippen LogP contribution in [0.1, 0.15) is 52.3 Å². The summed E-state index contributed by atoms with van der Waals surface area (Å²) in [5, 5.41) is 7.04. The summed E-state index contributed by atoms with van der Waals surface area (Å²) < 4.78 is 67.8. The highest BCUT2D eigenvalue weighted by Gasteiger charge is 2.32. The molecule has 1 N–H and O–H groups in total. The average Bonchev–Trinajstić information content (AvgIpc) is 3.57. The minimum atomic E-state index is -5.10. The number of aromatic nitrogens is 4. The molecule has 2 aromatic heterocycles. The van der Waals surface area contributed by atoms with E-state index >= 15 is 0 Å². The Labute approximate surface area is 234 Å². The third kappa shape index (κ3) is 7.11. The lowest BCUT2D eigenvalue weighted by molar-refractivity contribution is -0.274. The summed E-state index contributed by atoms with van der Waals surface area (Å²) in [5.74, 6) is -1.06. The van der Waals surface area contributed by atoms with E-state index in [9.17, 15) is 31.2 Å². The van der Waals surface area contributed by atoms with Gasteiger partial charge in [0.15, 0.2) is 21.5 Å². The number of hydrogen-bond donors (Lipinski definition) is 1. The van der Waals surface area contributed by atoms with Crippen LogP contribution in [0.3, 0.4) is 0 Å². The molecule has 1 aliphatic rings. The third-order valence-corrected chi connectivity index (χ3v) is 7.26. The smallest absolute Gasteiger partial charge is 0.406 e. The summed E-state index contributed by atoms with van der Waals surface area (Å²) in [6.45, 7) is 2.94. The van der Waals surface area contributed by atoms with Crippen LogP contribution in [0, 0.1) is 0 Å². The van der Waals surface area contributed by atoms with Gasteiger partial charge in [0.05, 0.1) is 16.5 Å². The summed E-state index contributed by atoms with van der Waals surface area (Å²) in [7, 11) is -0.566. The van der Waals surface area contributed by atoms with Gasteiger partial charge in [0.2, 0.25) is 5.95 Å². The highest BCUT2D eigenvalue weighted by Crippen LogP contribution is 2.28. The lowest BCUT2D eigenvalue weighted by atomic mass is 10.2. The van der Waals surface area contributed by atoms with E-state index in [0.717, 1.165) is 31.2 Å². The first kappa shape index (κ1) is 29.8. The van der Waals surface area contributed by atoms with Crippen LogP contribution in [0.5, 0.6) is 5.75 Å². The third-order valence-electron chi connectivity index (χ3n) is 6.16. The number of carbonyl (C=O) groups excluding carboxylic acids is 2. The van der Waals surface area contributed by atoms with E-state index in [4.69, 9.17) is 0 Å². The van der Waals surface area contributed by atoms with Crippen molar-refractivity contribution >= 4 is 27.6 Å². The molecule has 220 valence electrons. The van der Waals surface area contributed by atoms with Gasteiger partial charge < -0.3 is 19.9 Å². The van der Waals surface area contributed by atoms with E-state index in [-0.39, 0.29) is 23.2 Å². The second-order valence-electron chi connectivity index (χ2n) is 9.69. The molecule has 1 aromatic carbocycles. The molecule has 1 fully saturated rings. The molecular formula is C25H28F3N7O5S. The summed E-state index contributed by atoms with van der Waals surface area (Å²) in [6.07, 6.45) is -0.972. The number of nitrogens with one attached hydrogen (secondary N) is 1. The fourth-order valence-corrected chi connectivity index (χ4v) is 4.82. The fourth-order valence-electron chi connectivity index (χ4n) is 4.15. The predicted octanol–water partition coefficient (Wildman–Crippen LogP) is 2.76. The maximum absolute atomic E-state index is 13.1. The number of pyridine rings is 1. The minimum absolute atomic E-state index is 0.125. The summed E-state index contributed by atoms with van der Waals surface area (Å²) in [5.41, 5.74) is 0.0370. The second kappa shape index (κ2) is 11.3. The molecule has 0 unspecified atom stereocenters. The number of likely N-dealkylation sites (tertiary alicyclic amines) is 1. The Morgan fingerprint density at radius 1 is 1.10 bits per heavy atom. The number of anilines is 1. The van der Waals surface area contributed by atoms with Gasteiger partial charge in [-0.25, -0.2) is 13.4 Å². The zero-order chi connectivity index (χ0) is 30.1. The van der Waals surface area contributed by atoms with E-state index in [0.29, 0.717) is 30.5 Å². The Morgan fingerprint density at radius 3 is 2.34 bits per heavy atom. The number of benzene rings is 1. The highest BCUT2D eigenvalue weighted by atomic mass is 32.2. The van der Waals surface area contributed by atoms with Crippen LogP contribution in [0.4, 0.5) is 19.1 Å². The average molecular weight is 596 g/mol. The standard InChI is InChI=1S/C25H28F3N7O5S/c1-15(30-22(36)17-11-18(40-25(26,27)28)13-19(12-17)41(4,38)39)21-31-24(33(2)3)32-35(21)20-8-7-16(14-29-20)23(37)34-9-5-6-10-34/h7-8,11-15H,5-6,9-10H2,1-4H3,(H,30,36)/t15-/m0/s1. The van der Waals surface area contributed by atoms with Crippen LogP contribution in [0.2, 0.25) is 0 Å². The van der Waals surface area contributed by atoms with Gasteiger partial charge in [-0.2, -0.15) is 9.67 Å². The maximum Gasteiger partial charge on any atom is 0.573 e. The molecule has 0 radical (unpaired) electrons. The quantitative estimate of drug-likeness (QED) is 0.416. The molecule has 0 bridgehead atoms. The summed E-state index contributed by atoms with van der Waals surface area (Å²) in [6, 6.07) is 4.77. The van der Waals surface area contributed by atoms with Crippen molar-refractivity contribution in [1.82, 2.24) is 30.0 Å². The Hall–Kier alpha value is -4.21. The molecule has 0 aliphatic carbocycles. The SMILES string of the molecule is C[C@H](NC(=O)c1cc(OC(F)(F)F)cc(S(C)(=O)=O)c1)c1nc(N(C)C)nn1-c1ccc(C(=O)N2CCCC2)cn1. The monoisotopic (exact) mass is 595 g/mol. The van der Waals surface area contributed by atoms with Crippen LogP contribution in [-0.2, 0) is 9.84 Å². The molecule has 3 heterocycles. The minimum Gasteiger partial charge on any atom is -0.406 e. The first-order chi connectivity index (χ1) is 19.1. The largest absolute Gasteiger partial charge is 0.573 e. The topological polar surface area (TPSA) is 140 Å². The van der Waals surface area contributed by atoms with Crippen LogP contribution >= 0.6 is 0 Å². The highest BCUT2D eigenvalue weighted by molar-refractivity contribution is 7.90. The lowest BCUT2D eigenvalue weighted by Crippen LogP contribution is -2.29. The molecule has 12 nitrogen and oxygen atoms in total. The molecular weight excluding hydrogens is 567 g/mol. The number of ether oxygens (including phenoxy) is 1. The first-order valence-corrected chi connectivity index (χ1v) is 14.3. The van der Waals surface area contributed by atoms with E-state index in [1.54, 1.807) is 43.0 Å².